The van der Waals surface area contributed by atoms with E-state index < -0.39 is 33.5 Å². The molecule has 0 bridgehead atoms. The predicted octanol–water partition coefficient (Wildman–Crippen LogP) is 1.94. The topological polar surface area (TPSA) is 102 Å². The van der Waals surface area contributed by atoms with Gasteiger partial charge in [0.2, 0.25) is 10.0 Å². The van der Waals surface area contributed by atoms with Crippen LogP contribution in [0.25, 0.3) is 0 Å². The predicted molar refractivity (Wildman–Crippen MR) is 108 cm³/mol. The fourth-order valence-corrected chi connectivity index (χ4v) is 4.65. The molecule has 162 valence electrons. The first kappa shape index (κ1) is 23.3. The maximum atomic E-state index is 13.0. The molecule has 0 unspecified atom stereocenters. The first-order chi connectivity index (χ1) is 13.3. The molecular weight excluding hydrogens is 396 g/mol. The quantitative estimate of drug-likeness (QED) is 0.722. The Morgan fingerprint density at radius 3 is 2.34 bits per heavy atom. The normalized spacial score (nSPS) is 22.0. The molecule has 0 aromatic heterocycles. The lowest BCUT2D eigenvalue weighted by Gasteiger charge is -2.34. The van der Waals surface area contributed by atoms with Crippen molar-refractivity contribution in [2.24, 2.45) is 0 Å². The summed E-state index contributed by atoms with van der Waals surface area (Å²) < 4.78 is 38.1. The van der Waals surface area contributed by atoms with E-state index in [1.54, 1.807) is 0 Å². The number of hydrogen-bond donors (Lipinski definition) is 1. The lowest BCUT2D eigenvalue weighted by atomic mass is 10.1. The summed E-state index contributed by atoms with van der Waals surface area (Å²) in [6, 6.07) is 5.65. The molecule has 2 rings (SSSR count). The summed E-state index contributed by atoms with van der Waals surface area (Å²) in [6.45, 7) is 11.0. The average Bonchev–Trinajstić information content (AvgIpc) is 2.59. The van der Waals surface area contributed by atoms with Crippen molar-refractivity contribution in [1.29, 1.82) is 0 Å². The van der Waals surface area contributed by atoms with E-state index in [4.69, 9.17) is 9.47 Å². The summed E-state index contributed by atoms with van der Waals surface area (Å²) in [4.78, 5) is 24.6. The van der Waals surface area contributed by atoms with Gasteiger partial charge in [0.15, 0.2) is 6.10 Å². The molecule has 1 saturated heterocycles. The molecule has 0 radical (unpaired) electrons. The molecule has 0 aliphatic carbocycles. The number of rotatable bonds is 5. The zero-order valence-corrected chi connectivity index (χ0v) is 18.6. The van der Waals surface area contributed by atoms with Gasteiger partial charge in [0.05, 0.1) is 22.7 Å². The molecule has 1 aromatic carbocycles. The summed E-state index contributed by atoms with van der Waals surface area (Å²) >= 11 is 0. The maximum absolute atomic E-state index is 13.0. The lowest BCUT2D eigenvalue weighted by molar-refractivity contribution is -0.130. The fourth-order valence-electron chi connectivity index (χ4n) is 3.01. The molecule has 8 nitrogen and oxygen atoms in total. The van der Waals surface area contributed by atoms with Gasteiger partial charge in [-0.3, -0.25) is 4.79 Å². The number of nitrogens with zero attached hydrogens (tertiary/aromatic N) is 1. The Kier molecular flexibility index (Phi) is 7.08. The Labute approximate surface area is 172 Å². The molecule has 29 heavy (non-hydrogen) atoms. The van der Waals surface area contributed by atoms with E-state index in [-0.39, 0.29) is 35.8 Å². The van der Waals surface area contributed by atoms with Crippen molar-refractivity contribution in [3.63, 3.8) is 0 Å². The number of esters is 1. The van der Waals surface area contributed by atoms with E-state index in [1.807, 2.05) is 34.6 Å². The number of carbonyl (C=O) groups excluding carboxylic acids is 2. The minimum Gasteiger partial charge on any atom is -0.449 e. The summed E-state index contributed by atoms with van der Waals surface area (Å²) in [5, 5.41) is 2.73. The second-order valence-electron chi connectivity index (χ2n) is 8.39. The molecule has 1 aliphatic rings. The molecule has 1 heterocycles. The van der Waals surface area contributed by atoms with Crippen molar-refractivity contribution in [3.05, 3.63) is 29.8 Å². The smallest absolute Gasteiger partial charge is 0.338 e. The zero-order chi connectivity index (χ0) is 22.0. The Morgan fingerprint density at radius 2 is 1.79 bits per heavy atom. The van der Waals surface area contributed by atoms with Crippen molar-refractivity contribution in [1.82, 2.24) is 9.62 Å². The van der Waals surface area contributed by atoms with Crippen LogP contribution in [0.5, 0.6) is 0 Å². The molecule has 1 fully saturated rings. The van der Waals surface area contributed by atoms with Crippen LogP contribution in [0.2, 0.25) is 0 Å². The number of hydrogen-bond acceptors (Lipinski definition) is 6. The van der Waals surface area contributed by atoms with Gasteiger partial charge in [-0.1, -0.05) is 6.07 Å². The van der Waals surface area contributed by atoms with Crippen molar-refractivity contribution in [2.75, 3.05) is 13.1 Å². The van der Waals surface area contributed by atoms with Gasteiger partial charge in [0.25, 0.3) is 5.91 Å². The van der Waals surface area contributed by atoms with Crippen LogP contribution in [-0.2, 0) is 24.3 Å². The van der Waals surface area contributed by atoms with Crippen LogP contribution < -0.4 is 5.32 Å². The number of benzene rings is 1. The highest BCUT2D eigenvalue weighted by atomic mass is 32.2. The third-order valence-electron chi connectivity index (χ3n) is 4.24. The van der Waals surface area contributed by atoms with Crippen molar-refractivity contribution < 1.29 is 27.5 Å². The van der Waals surface area contributed by atoms with Crippen LogP contribution >= 0.6 is 0 Å². The van der Waals surface area contributed by atoms with Gasteiger partial charge in [-0.15, -0.1) is 0 Å². The van der Waals surface area contributed by atoms with Crippen LogP contribution in [-0.4, -0.2) is 61.5 Å². The van der Waals surface area contributed by atoms with E-state index in [2.05, 4.69) is 5.32 Å². The van der Waals surface area contributed by atoms with Crippen LogP contribution in [0.15, 0.2) is 29.2 Å². The van der Waals surface area contributed by atoms with Gasteiger partial charge in [-0.25, -0.2) is 13.2 Å². The number of nitrogens with one attached hydrogen (secondary N) is 1. The monoisotopic (exact) mass is 426 g/mol. The van der Waals surface area contributed by atoms with E-state index >= 15 is 0 Å². The van der Waals surface area contributed by atoms with Crippen LogP contribution in [0.4, 0.5) is 0 Å². The molecule has 3 atom stereocenters. The van der Waals surface area contributed by atoms with Crippen molar-refractivity contribution >= 4 is 21.9 Å². The fraction of sp³-hybridized carbons (Fsp3) is 0.600. The largest absolute Gasteiger partial charge is 0.449 e. The Morgan fingerprint density at radius 1 is 1.21 bits per heavy atom. The van der Waals surface area contributed by atoms with Crippen LogP contribution in [0, 0.1) is 0 Å². The summed E-state index contributed by atoms with van der Waals surface area (Å²) in [6.07, 6.45) is -1.45. The Bertz CT molecular complexity index is 852. The Balaban J connectivity index is 2.16. The maximum Gasteiger partial charge on any atom is 0.338 e. The van der Waals surface area contributed by atoms with Crippen LogP contribution in [0.3, 0.4) is 0 Å². The van der Waals surface area contributed by atoms with Crippen molar-refractivity contribution in [3.8, 4) is 0 Å². The second-order valence-corrected chi connectivity index (χ2v) is 10.3. The summed E-state index contributed by atoms with van der Waals surface area (Å²) in [7, 11) is -3.79. The summed E-state index contributed by atoms with van der Waals surface area (Å²) in [5.74, 6) is -1.19. The van der Waals surface area contributed by atoms with Gasteiger partial charge in [0.1, 0.15) is 0 Å². The van der Waals surface area contributed by atoms with E-state index in [0.717, 1.165) is 0 Å². The van der Waals surface area contributed by atoms with Gasteiger partial charge in [0, 0.05) is 18.6 Å². The van der Waals surface area contributed by atoms with Gasteiger partial charge in [-0.2, -0.15) is 4.31 Å². The summed E-state index contributed by atoms with van der Waals surface area (Å²) in [5.41, 5.74) is -0.395. The molecule has 1 aromatic rings. The van der Waals surface area contributed by atoms with Crippen LogP contribution in [0.1, 0.15) is 51.9 Å². The number of ether oxygens (including phenoxy) is 2. The van der Waals surface area contributed by atoms with Gasteiger partial charge < -0.3 is 14.8 Å². The first-order valence-electron chi connectivity index (χ1n) is 9.58. The molecule has 0 spiro atoms. The van der Waals surface area contributed by atoms with E-state index in [0.29, 0.717) is 0 Å². The number of sulfonamides is 1. The van der Waals surface area contributed by atoms with Gasteiger partial charge >= 0.3 is 5.97 Å². The highest BCUT2D eigenvalue weighted by Crippen LogP contribution is 2.22. The molecule has 1 amide bonds. The first-order valence-corrected chi connectivity index (χ1v) is 11.0. The average molecular weight is 427 g/mol. The third kappa shape index (κ3) is 6.25. The molecule has 1 N–H and O–H groups in total. The number of carbonyl (C=O) groups is 2. The minimum atomic E-state index is -3.79. The molecular formula is C20H30N2O6S. The number of amides is 1. The second kappa shape index (κ2) is 8.81. The molecule has 1 aliphatic heterocycles. The highest BCUT2D eigenvalue weighted by Gasteiger charge is 2.32. The zero-order valence-electron chi connectivity index (χ0n) is 17.8. The Hall–Kier alpha value is -1.97. The number of morpholine rings is 1. The SMILES string of the molecule is C[C@@H]1CN(S(=O)(=O)c2cccc(C(=O)O[C@@H](C)C(=O)NC(C)(C)C)c2)C[C@H](C)O1. The minimum absolute atomic E-state index is 0.0000427. The van der Waals surface area contributed by atoms with Crippen molar-refractivity contribution in [2.45, 2.75) is 70.3 Å². The van der Waals surface area contributed by atoms with E-state index in [9.17, 15) is 18.0 Å². The lowest BCUT2D eigenvalue weighted by Crippen LogP contribution is -2.48. The third-order valence-corrected chi connectivity index (χ3v) is 6.07. The van der Waals surface area contributed by atoms with Gasteiger partial charge in [-0.05, 0) is 59.7 Å². The molecule has 0 saturated carbocycles. The molecule has 9 heteroatoms. The van der Waals surface area contributed by atoms with E-state index in [1.165, 1.54) is 35.5 Å². The highest BCUT2D eigenvalue weighted by molar-refractivity contribution is 7.89. The standard InChI is InChI=1S/C20H30N2O6S/c1-13-11-22(12-14(2)27-13)29(25,26)17-9-7-8-16(10-17)19(24)28-15(3)18(23)21-20(4,5)6/h7-10,13-15H,11-12H2,1-6H3,(H,21,23)/t13-,14+,15-/m0/s1.